The Morgan fingerprint density at radius 1 is 1.26 bits per heavy atom. The predicted molar refractivity (Wildman–Crippen MR) is 108 cm³/mol. The number of hydrogen-bond donors (Lipinski definition) is 1. The number of nitrogens with zero attached hydrogens (tertiary/aromatic N) is 2. The van der Waals surface area contributed by atoms with E-state index in [1.807, 2.05) is 11.8 Å². The summed E-state index contributed by atoms with van der Waals surface area (Å²) in [6.45, 7) is 2.77. The van der Waals surface area contributed by atoms with Crippen LogP contribution in [0.5, 0.6) is 0 Å². The minimum Gasteiger partial charge on any atom is -0.363 e. The molecule has 1 heterocycles. The summed E-state index contributed by atoms with van der Waals surface area (Å²) >= 11 is 12.2. The first-order valence-electron chi connectivity index (χ1n) is 8.68. The van der Waals surface area contributed by atoms with Gasteiger partial charge in [-0.3, -0.25) is 14.9 Å². The molecule has 0 aliphatic carbocycles. The number of rotatable bonds is 4. The van der Waals surface area contributed by atoms with Gasteiger partial charge in [0, 0.05) is 29.2 Å². The van der Waals surface area contributed by atoms with Crippen LogP contribution in [0.4, 0.5) is 17.1 Å². The van der Waals surface area contributed by atoms with Gasteiger partial charge in [0.2, 0.25) is 0 Å². The van der Waals surface area contributed by atoms with E-state index in [4.69, 9.17) is 23.2 Å². The summed E-state index contributed by atoms with van der Waals surface area (Å²) in [5.41, 5.74) is 1.12. The van der Waals surface area contributed by atoms with Crippen molar-refractivity contribution in [3.8, 4) is 0 Å². The third kappa shape index (κ3) is 4.34. The fraction of sp³-hybridized carbons (Fsp3) is 0.316. The molecule has 0 bridgehead atoms. The van der Waals surface area contributed by atoms with Crippen molar-refractivity contribution in [3.05, 3.63) is 62.1 Å². The van der Waals surface area contributed by atoms with Crippen LogP contribution in [0.2, 0.25) is 10.0 Å². The average Bonchev–Trinajstić information content (AvgIpc) is 2.63. The van der Waals surface area contributed by atoms with Crippen LogP contribution >= 0.6 is 23.2 Å². The fourth-order valence-corrected chi connectivity index (χ4v) is 3.70. The van der Waals surface area contributed by atoms with Crippen molar-refractivity contribution in [3.63, 3.8) is 0 Å². The fourth-order valence-electron chi connectivity index (χ4n) is 3.30. The van der Waals surface area contributed by atoms with Crippen LogP contribution in [0.25, 0.3) is 0 Å². The molecule has 1 amide bonds. The summed E-state index contributed by atoms with van der Waals surface area (Å²) in [5.74, 6) is -0.383. The Kier molecular flexibility index (Phi) is 5.87. The van der Waals surface area contributed by atoms with Gasteiger partial charge in [0.1, 0.15) is 5.69 Å². The number of carbonyl (C=O) groups excluding carboxylic acids is 1. The number of benzene rings is 2. The molecule has 1 aliphatic heterocycles. The van der Waals surface area contributed by atoms with Gasteiger partial charge in [-0.25, -0.2) is 0 Å². The lowest BCUT2D eigenvalue weighted by Gasteiger charge is -2.35. The van der Waals surface area contributed by atoms with E-state index in [-0.39, 0.29) is 22.7 Å². The van der Waals surface area contributed by atoms with Crippen LogP contribution in [-0.2, 0) is 0 Å². The van der Waals surface area contributed by atoms with Gasteiger partial charge in [0.15, 0.2) is 0 Å². The highest BCUT2D eigenvalue weighted by atomic mass is 35.5. The summed E-state index contributed by atoms with van der Waals surface area (Å²) in [6.07, 6.45) is 3.02. The highest BCUT2D eigenvalue weighted by Gasteiger charge is 2.27. The molecular formula is C19H19Cl2N3O3. The second-order valence-electron chi connectivity index (χ2n) is 6.58. The van der Waals surface area contributed by atoms with Crippen LogP contribution in [0.3, 0.4) is 0 Å². The molecule has 0 aromatic heterocycles. The SMILES string of the molecule is CC1CCCCN1c1cc(NC(=O)c2cccc(Cl)c2)c(Cl)cc1[N+](=O)[O-]. The molecule has 0 spiro atoms. The number of nitrogens with one attached hydrogen (secondary N) is 1. The maximum atomic E-state index is 12.5. The molecule has 1 saturated heterocycles. The van der Waals surface area contributed by atoms with E-state index in [1.54, 1.807) is 30.3 Å². The molecule has 2 aromatic carbocycles. The molecule has 1 N–H and O–H groups in total. The molecule has 6 nitrogen and oxygen atoms in total. The monoisotopic (exact) mass is 407 g/mol. The summed E-state index contributed by atoms with van der Waals surface area (Å²) in [6, 6.07) is 9.59. The first-order chi connectivity index (χ1) is 12.9. The number of nitro benzene ring substituents is 1. The second-order valence-corrected chi connectivity index (χ2v) is 7.42. The van der Waals surface area contributed by atoms with Crippen LogP contribution < -0.4 is 10.2 Å². The molecule has 27 heavy (non-hydrogen) atoms. The van der Waals surface area contributed by atoms with Crippen molar-refractivity contribution in [2.24, 2.45) is 0 Å². The smallest absolute Gasteiger partial charge is 0.294 e. The highest BCUT2D eigenvalue weighted by molar-refractivity contribution is 6.34. The van der Waals surface area contributed by atoms with E-state index >= 15 is 0 Å². The molecule has 1 fully saturated rings. The largest absolute Gasteiger partial charge is 0.363 e. The van der Waals surface area contributed by atoms with Crippen molar-refractivity contribution >= 4 is 46.2 Å². The summed E-state index contributed by atoms with van der Waals surface area (Å²) in [5, 5.41) is 14.8. The highest BCUT2D eigenvalue weighted by Crippen LogP contribution is 2.39. The standard InChI is InChI=1S/C19H19Cl2N3O3/c1-12-5-2-3-8-23(12)17-11-16(15(21)10-18(17)24(26)27)22-19(25)13-6-4-7-14(20)9-13/h4,6-7,9-12H,2-3,5,8H2,1H3,(H,22,25). The summed E-state index contributed by atoms with van der Waals surface area (Å²) < 4.78 is 0. The van der Waals surface area contributed by atoms with Gasteiger partial charge in [-0.15, -0.1) is 0 Å². The second kappa shape index (κ2) is 8.15. The molecule has 1 aliphatic rings. The van der Waals surface area contributed by atoms with E-state index in [1.165, 1.54) is 6.07 Å². The molecule has 0 radical (unpaired) electrons. The number of amides is 1. The minimum atomic E-state index is -0.439. The number of piperidine rings is 1. The lowest BCUT2D eigenvalue weighted by Crippen LogP contribution is -2.37. The van der Waals surface area contributed by atoms with Crippen molar-refractivity contribution < 1.29 is 9.72 Å². The first-order valence-corrected chi connectivity index (χ1v) is 9.44. The van der Waals surface area contributed by atoms with Crippen LogP contribution in [-0.4, -0.2) is 23.4 Å². The number of anilines is 2. The van der Waals surface area contributed by atoms with E-state index in [0.29, 0.717) is 22.0 Å². The Bertz CT molecular complexity index is 888. The molecular weight excluding hydrogens is 389 g/mol. The number of hydrogen-bond acceptors (Lipinski definition) is 4. The molecule has 8 heteroatoms. The maximum Gasteiger partial charge on any atom is 0.294 e. The van der Waals surface area contributed by atoms with Gasteiger partial charge < -0.3 is 10.2 Å². The van der Waals surface area contributed by atoms with Crippen molar-refractivity contribution in [1.82, 2.24) is 0 Å². The third-order valence-electron chi connectivity index (χ3n) is 4.71. The van der Waals surface area contributed by atoms with Gasteiger partial charge in [0.25, 0.3) is 11.6 Å². The van der Waals surface area contributed by atoms with Gasteiger partial charge in [-0.05, 0) is 50.5 Å². The topological polar surface area (TPSA) is 75.5 Å². The number of nitro groups is 1. The van der Waals surface area contributed by atoms with Gasteiger partial charge >= 0.3 is 0 Å². The number of carbonyl (C=O) groups is 1. The number of halogens is 2. The van der Waals surface area contributed by atoms with Crippen LogP contribution in [0.15, 0.2) is 36.4 Å². The van der Waals surface area contributed by atoms with E-state index < -0.39 is 4.92 Å². The Morgan fingerprint density at radius 2 is 2.04 bits per heavy atom. The van der Waals surface area contributed by atoms with Gasteiger partial charge in [-0.1, -0.05) is 29.3 Å². The first kappa shape index (κ1) is 19.5. The Labute approximate surface area is 167 Å². The normalized spacial score (nSPS) is 16.9. The zero-order valence-electron chi connectivity index (χ0n) is 14.7. The van der Waals surface area contributed by atoms with Crippen molar-refractivity contribution in [1.29, 1.82) is 0 Å². The lowest BCUT2D eigenvalue weighted by atomic mass is 10.0. The van der Waals surface area contributed by atoms with Crippen molar-refractivity contribution in [2.45, 2.75) is 32.2 Å². The Balaban J connectivity index is 1.97. The molecule has 142 valence electrons. The molecule has 1 unspecified atom stereocenters. The Hall–Kier alpha value is -2.31. The van der Waals surface area contributed by atoms with Crippen molar-refractivity contribution in [2.75, 3.05) is 16.8 Å². The zero-order chi connectivity index (χ0) is 19.6. The molecule has 1 atom stereocenters. The zero-order valence-corrected chi connectivity index (χ0v) is 16.3. The molecule has 3 rings (SSSR count). The maximum absolute atomic E-state index is 12.5. The third-order valence-corrected chi connectivity index (χ3v) is 5.26. The van der Waals surface area contributed by atoms with E-state index in [2.05, 4.69) is 5.32 Å². The van der Waals surface area contributed by atoms with Crippen LogP contribution in [0, 0.1) is 10.1 Å². The average molecular weight is 408 g/mol. The molecule has 0 saturated carbocycles. The van der Waals surface area contributed by atoms with E-state index in [9.17, 15) is 14.9 Å². The predicted octanol–water partition coefficient (Wildman–Crippen LogP) is 5.53. The van der Waals surface area contributed by atoms with E-state index in [0.717, 1.165) is 25.8 Å². The summed E-state index contributed by atoms with van der Waals surface area (Å²) in [7, 11) is 0. The van der Waals surface area contributed by atoms with Gasteiger partial charge in [-0.2, -0.15) is 0 Å². The minimum absolute atomic E-state index is 0.0606. The van der Waals surface area contributed by atoms with Gasteiger partial charge in [0.05, 0.1) is 15.6 Å². The van der Waals surface area contributed by atoms with Crippen LogP contribution in [0.1, 0.15) is 36.5 Å². The molecule has 2 aromatic rings. The lowest BCUT2D eigenvalue weighted by molar-refractivity contribution is -0.384. The quantitative estimate of drug-likeness (QED) is 0.533. The summed E-state index contributed by atoms with van der Waals surface area (Å²) in [4.78, 5) is 25.6. The Morgan fingerprint density at radius 3 is 2.70 bits per heavy atom.